The summed E-state index contributed by atoms with van der Waals surface area (Å²) in [5.74, 6) is 1.31. The number of likely N-dealkylation sites (tertiary alicyclic amines) is 1. The molecule has 3 atom stereocenters. The number of benzene rings is 2. The van der Waals surface area contributed by atoms with Gasteiger partial charge in [-0.05, 0) is 43.3 Å². The molecular weight excluding hydrogens is 593 g/mol. The molecule has 236 valence electrons. The van der Waals surface area contributed by atoms with Crippen molar-refractivity contribution < 1.29 is 22.7 Å². The van der Waals surface area contributed by atoms with Crippen LogP contribution in [0, 0.1) is 24.0 Å². The molecule has 2 aromatic heterocycles. The highest BCUT2D eigenvalue weighted by Crippen LogP contribution is 2.41. The van der Waals surface area contributed by atoms with Gasteiger partial charge in [0, 0.05) is 56.3 Å². The van der Waals surface area contributed by atoms with Crippen molar-refractivity contribution in [2.45, 2.75) is 43.4 Å². The largest absolute Gasteiger partial charge is 0.461 e. The summed E-state index contributed by atoms with van der Waals surface area (Å²) in [5, 5.41) is 1.36. The summed E-state index contributed by atoms with van der Waals surface area (Å²) >= 11 is 0. The van der Waals surface area contributed by atoms with Crippen LogP contribution < -0.4 is 9.64 Å². The van der Waals surface area contributed by atoms with Crippen LogP contribution in [0.15, 0.2) is 49.2 Å². The zero-order valence-corrected chi connectivity index (χ0v) is 25.5. The lowest BCUT2D eigenvalue weighted by Gasteiger charge is -2.31. The van der Waals surface area contributed by atoms with Gasteiger partial charge in [0.1, 0.15) is 35.6 Å². The Morgan fingerprint density at radius 3 is 2.89 bits per heavy atom. The van der Waals surface area contributed by atoms with Gasteiger partial charge in [-0.25, -0.2) is 13.2 Å². The number of rotatable bonds is 7. The van der Waals surface area contributed by atoms with Crippen LogP contribution in [0.4, 0.5) is 19.0 Å². The summed E-state index contributed by atoms with van der Waals surface area (Å²) in [6.07, 6.45) is 10.3. The second-order valence-corrected chi connectivity index (χ2v) is 12.4. The molecule has 1 amide bonds. The molecule has 4 aromatic rings. The number of fused-ring (bicyclic) bond motifs is 3. The maximum absolute atomic E-state index is 16.7. The first-order valence-corrected chi connectivity index (χ1v) is 15.4. The van der Waals surface area contributed by atoms with Crippen molar-refractivity contribution in [2.24, 2.45) is 0 Å². The Morgan fingerprint density at radius 2 is 2.09 bits per heavy atom. The Hall–Kier alpha value is -4.69. The number of anilines is 1. The van der Waals surface area contributed by atoms with Crippen LogP contribution in [0.2, 0.25) is 0 Å². The van der Waals surface area contributed by atoms with Crippen LogP contribution in [0.1, 0.15) is 31.2 Å². The van der Waals surface area contributed by atoms with Crippen molar-refractivity contribution in [2.75, 3.05) is 44.7 Å². The number of carbonyl (C=O) groups is 1. The van der Waals surface area contributed by atoms with Gasteiger partial charge < -0.3 is 14.5 Å². The van der Waals surface area contributed by atoms with Crippen molar-refractivity contribution in [3.05, 3.63) is 66.4 Å². The minimum absolute atomic E-state index is 0.0180. The highest BCUT2D eigenvalue weighted by Gasteiger charge is 2.49. The lowest BCUT2D eigenvalue weighted by Crippen LogP contribution is -2.43. The van der Waals surface area contributed by atoms with Gasteiger partial charge in [0.05, 0.1) is 16.5 Å². The Labute approximate surface area is 264 Å². The van der Waals surface area contributed by atoms with E-state index in [1.165, 1.54) is 18.3 Å². The molecule has 5 heterocycles. The third-order valence-electron chi connectivity index (χ3n) is 9.80. The first-order chi connectivity index (χ1) is 22.2. The van der Waals surface area contributed by atoms with Gasteiger partial charge in [0.15, 0.2) is 5.82 Å². The van der Waals surface area contributed by atoms with Gasteiger partial charge in [0.25, 0.3) is 0 Å². The van der Waals surface area contributed by atoms with E-state index in [9.17, 15) is 13.6 Å². The minimum Gasteiger partial charge on any atom is -0.461 e. The SMILES string of the molecule is C#Cc1c(F)ccc2cccc(-c3ncc4c(N(C)C5CCN(C(=O)C=C)C5)nc(OCC56CCCN5CC(F)C6)nc4c3F)c12. The number of pyridine rings is 1. The van der Waals surface area contributed by atoms with Crippen LogP contribution in [0.25, 0.3) is 32.9 Å². The standard InChI is InChI=1S/C35H33F3N6O2/c1-4-24-27(37)11-10-21-8-6-9-25(29(21)24)31-30(38)32-26(17-39-31)33(42(3)23-12-15-43(19-23)28(45)5-2)41-34(40-32)46-20-35-13-7-14-44(35)18-22(36)16-35/h1,5-6,8-11,17,22-23H,2,7,12-16,18-20H2,3H3. The molecule has 0 spiro atoms. The van der Waals surface area contributed by atoms with Crippen LogP contribution in [-0.2, 0) is 4.79 Å². The fraction of sp³-hybridized carbons (Fsp3) is 0.371. The lowest BCUT2D eigenvalue weighted by molar-refractivity contribution is -0.125. The zero-order chi connectivity index (χ0) is 32.2. The van der Waals surface area contributed by atoms with E-state index in [1.807, 2.05) is 11.9 Å². The maximum atomic E-state index is 16.7. The molecule has 0 bridgehead atoms. The maximum Gasteiger partial charge on any atom is 0.319 e. The van der Waals surface area contributed by atoms with E-state index in [-0.39, 0.29) is 41.3 Å². The van der Waals surface area contributed by atoms with Crippen molar-refractivity contribution >= 4 is 33.4 Å². The number of carbonyl (C=O) groups excluding carboxylic acids is 1. The highest BCUT2D eigenvalue weighted by atomic mass is 19.1. The Kier molecular flexibility index (Phi) is 7.56. The molecule has 11 heteroatoms. The number of ether oxygens (including phenoxy) is 1. The second kappa shape index (κ2) is 11.6. The van der Waals surface area contributed by atoms with E-state index in [2.05, 4.69) is 27.4 Å². The summed E-state index contributed by atoms with van der Waals surface area (Å²) < 4.78 is 52.2. The molecule has 3 aliphatic heterocycles. The molecule has 3 unspecified atom stereocenters. The molecular formula is C35H33F3N6O2. The zero-order valence-electron chi connectivity index (χ0n) is 25.5. The molecule has 0 N–H and O–H groups in total. The first-order valence-electron chi connectivity index (χ1n) is 15.4. The van der Waals surface area contributed by atoms with Gasteiger partial charge in [0.2, 0.25) is 5.91 Å². The molecule has 0 aliphatic carbocycles. The summed E-state index contributed by atoms with van der Waals surface area (Å²) in [7, 11) is 1.83. The smallest absolute Gasteiger partial charge is 0.319 e. The number of terminal acetylenes is 1. The second-order valence-electron chi connectivity index (χ2n) is 12.4. The highest BCUT2D eigenvalue weighted by molar-refractivity contribution is 6.02. The first kappa shape index (κ1) is 30.0. The van der Waals surface area contributed by atoms with E-state index in [1.54, 1.807) is 29.2 Å². The fourth-order valence-electron chi connectivity index (χ4n) is 7.44. The molecule has 2 aromatic carbocycles. The Morgan fingerprint density at radius 1 is 1.24 bits per heavy atom. The summed E-state index contributed by atoms with van der Waals surface area (Å²) in [6.45, 7) is 5.90. The lowest BCUT2D eigenvalue weighted by atomic mass is 9.95. The normalized spacial score (nSPS) is 22.7. The molecule has 3 aliphatic rings. The van der Waals surface area contributed by atoms with Crippen LogP contribution in [0.3, 0.4) is 0 Å². The van der Waals surface area contributed by atoms with Crippen molar-refractivity contribution in [1.82, 2.24) is 24.8 Å². The number of aromatic nitrogens is 3. The van der Waals surface area contributed by atoms with Crippen molar-refractivity contribution in [3.63, 3.8) is 0 Å². The number of amides is 1. The van der Waals surface area contributed by atoms with Crippen LogP contribution >= 0.6 is 0 Å². The van der Waals surface area contributed by atoms with Crippen molar-refractivity contribution in [3.8, 4) is 29.6 Å². The monoisotopic (exact) mass is 626 g/mol. The van der Waals surface area contributed by atoms with E-state index in [0.29, 0.717) is 60.0 Å². The summed E-state index contributed by atoms with van der Waals surface area (Å²) in [6, 6.07) is 7.87. The molecule has 7 rings (SSSR count). The Balaban J connectivity index is 1.34. The van der Waals surface area contributed by atoms with Gasteiger partial charge in [-0.1, -0.05) is 36.8 Å². The summed E-state index contributed by atoms with van der Waals surface area (Å²) in [4.78, 5) is 31.8. The summed E-state index contributed by atoms with van der Waals surface area (Å²) in [5.41, 5.74) is -0.181. The van der Waals surface area contributed by atoms with E-state index in [0.717, 1.165) is 19.4 Å². The number of alkyl halides is 1. The minimum atomic E-state index is -0.934. The van der Waals surface area contributed by atoms with Crippen LogP contribution in [-0.4, -0.2) is 88.2 Å². The quantitative estimate of drug-likeness (QED) is 0.204. The number of nitrogens with zero attached hydrogens (tertiary/aromatic N) is 6. The number of hydrogen-bond donors (Lipinski definition) is 0. The number of halogens is 3. The fourth-order valence-corrected chi connectivity index (χ4v) is 7.44. The van der Waals surface area contributed by atoms with Gasteiger partial charge in [-0.3, -0.25) is 14.7 Å². The molecule has 0 saturated carbocycles. The third-order valence-corrected chi connectivity index (χ3v) is 9.80. The van der Waals surface area contributed by atoms with Crippen LogP contribution in [0.5, 0.6) is 6.01 Å². The number of likely N-dealkylation sites (N-methyl/N-ethyl adjacent to an activating group) is 1. The molecule has 8 nitrogen and oxygen atoms in total. The average molecular weight is 627 g/mol. The molecule has 3 saturated heterocycles. The number of hydrogen-bond acceptors (Lipinski definition) is 7. The van der Waals surface area contributed by atoms with Crippen molar-refractivity contribution in [1.29, 1.82) is 0 Å². The third kappa shape index (κ3) is 4.92. The van der Waals surface area contributed by atoms with Gasteiger partial charge in [-0.2, -0.15) is 9.97 Å². The predicted molar refractivity (Wildman–Crippen MR) is 170 cm³/mol. The van der Waals surface area contributed by atoms with E-state index >= 15 is 4.39 Å². The molecule has 0 radical (unpaired) electrons. The average Bonchev–Trinajstić information content (AvgIpc) is 3.78. The molecule has 3 fully saturated rings. The van der Waals surface area contributed by atoms with Gasteiger partial charge >= 0.3 is 6.01 Å². The molecule has 46 heavy (non-hydrogen) atoms. The Bertz CT molecular complexity index is 1930. The van der Waals surface area contributed by atoms with E-state index < -0.39 is 23.3 Å². The topological polar surface area (TPSA) is 74.7 Å². The van der Waals surface area contributed by atoms with Gasteiger partial charge in [-0.15, -0.1) is 6.42 Å². The van der Waals surface area contributed by atoms with E-state index in [4.69, 9.17) is 16.1 Å². The predicted octanol–water partition coefficient (Wildman–Crippen LogP) is 5.28.